The van der Waals surface area contributed by atoms with Crippen molar-refractivity contribution < 1.29 is 14.3 Å². The number of rotatable bonds is 9. The third kappa shape index (κ3) is 5.27. The molecule has 124 valence electrons. The minimum Gasteiger partial charge on any atom is -0.497 e. The molecule has 1 atom stereocenters. The van der Waals surface area contributed by atoms with E-state index in [0.717, 1.165) is 12.4 Å². The van der Waals surface area contributed by atoms with Crippen LogP contribution >= 0.6 is 0 Å². The van der Waals surface area contributed by atoms with E-state index < -0.39 is 0 Å². The van der Waals surface area contributed by atoms with Crippen molar-refractivity contribution in [2.45, 2.75) is 39.5 Å². The predicted octanol–water partition coefficient (Wildman–Crippen LogP) is 4.29. The standard InChI is InChI=1S/C20H28NO2/c1-4-6-7-17(5-2)16-23-21-14-12-19(13-15-21)18-8-10-20(22-3)11-9-18/h8-15,17H,4-7,16H2,1-3H3/q+1. The Kier molecular flexibility index (Phi) is 6.92. The van der Waals surface area contributed by atoms with Gasteiger partial charge in [0.15, 0.2) is 6.61 Å². The molecule has 0 aliphatic carbocycles. The van der Waals surface area contributed by atoms with Gasteiger partial charge < -0.3 is 4.74 Å². The molecule has 3 nitrogen and oxygen atoms in total. The van der Waals surface area contributed by atoms with Crippen molar-refractivity contribution >= 4 is 0 Å². The number of benzene rings is 1. The molecule has 1 heterocycles. The van der Waals surface area contributed by atoms with Crippen LogP contribution < -0.4 is 14.3 Å². The quantitative estimate of drug-likeness (QED) is 0.644. The fraction of sp³-hybridized carbons (Fsp3) is 0.450. The van der Waals surface area contributed by atoms with Crippen molar-refractivity contribution in [3.63, 3.8) is 0 Å². The minimum absolute atomic E-state index is 0.642. The Hall–Kier alpha value is -2.03. The van der Waals surface area contributed by atoms with Crippen LogP contribution in [0.15, 0.2) is 48.8 Å². The molecular weight excluding hydrogens is 286 g/mol. The molecule has 2 aromatic rings. The van der Waals surface area contributed by atoms with Crippen molar-refractivity contribution in [1.82, 2.24) is 0 Å². The summed E-state index contributed by atoms with van der Waals surface area (Å²) in [5.74, 6) is 1.52. The van der Waals surface area contributed by atoms with E-state index in [1.54, 1.807) is 7.11 Å². The van der Waals surface area contributed by atoms with Crippen LogP contribution in [0, 0.1) is 5.92 Å². The van der Waals surface area contributed by atoms with E-state index >= 15 is 0 Å². The Morgan fingerprint density at radius 3 is 2.17 bits per heavy atom. The minimum atomic E-state index is 0.642. The molecule has 0 saturated heterocycles. The van der Waals surface area contributed by atoms with Gasteiger partial charge in [0.1, 0.15) is 5.75 Å². The van der Waals surface area contributed by atoms with Gasteiger partial charge in [0.2, 0.25) is 12.4 Å². The highest BCUT2D eigenvalue weighted by atomic mass is 16.7. The summed E-state index contributed by atoms with van der Waals surface area (Å²) in [7, 11) is 1.68. The molecule has 0 spiro atoms. The fourth-order valence-electron chi connectivity index (χ4n) is 2.56. The maximum atomic E-state index is 5.88. The average molecular weight is 314 g/mol. The monoisotopic (exact) mass is 314 g/mol. The Bertz CT molecular complexity index is 563. The van der Waals surface area contributed by atoms with Gasteiger partial charge in [-0.1, -0.05) is 38.8 Å². The van der Waals surface area contributed by atoms with Gasteiger partial charge >= 0.3 is 0 Å². The van der Waals surface area contributed by atoms with Gasteiger partial charge in [0.25, 0.3) is 0 Å². The van der Waals surface area contributed by atoms with E-state index in [4.69, 9.17) is 9.57 Å². The zero-order chi connectivity index (χ0) is 16.5. The molecule has 2 rings (SSSR count). The fourth-order valence-corrected chi connectivity index (χ4v) is 2.56. The molecule has 1 aromatic carbocycles. The van der Waals surface area contributed by atoms with Crippen LogP contribution in [0.1, 0.15) is 39.5 Å². The zero-order valence-electron chi connectivity index (χ0n) is 14.5. The topological polar surface area (TPSA) is 22.3 Å². The van der Waals surface area contributed by atoms with E-state index in [0.29, 0.717) is 5.92 Å². The third-order valence-corrected chi connectivity index (χ3v) is 4.23. The summed E-state index contributed by atoms with van der Waals surface area (Å²) < 4.78 is 7.00. The van der Waals surface area contributed by atoms with Gasteiger partial charge in [-0.05, 0) is 42.0 Å². The lowest BCUT2D eigenvalue weighted by molar-refractivity contribution is -0.892. The number of methoxy groups -OCH3 is 1. The Morgan fingerprint density at radius 1 is 0.957 bits per heavy atom. The van der Waals surface area contributed by atoms with E-state index in [1.807, 2.05) is 29.3 Å². The van der Waals surface area contributed by atoms with Gasteiger partial charge in [-0.2, -0.15) is 0 Å². The second-order valence-electron chi connectivity index (χ2n) is 5.89. The SMILES string of the molecule is CCCCC(CC)CO[n+]1ccc(-c2ccc(OC)cc2)cc1. The van der Waals surface area contributed by atoms with E-state index in [9.17, 15) is 0 Å². The second kappa shape index (κ2) is 9.19. The first-order chi connectivity index (χ1) is 11.3. The average Bonchev–Trinajstić information content (AvgIpc) is 2.62. The number of pyridine rings is 1. The summed E-state index contributed by atoms with van der Waals surface area (Å²) in [6.45, 7) is 5.25. The molecular formula is C20H28NO2+. The van der Waals surface area contributed by atoms with Gasteiger partial charge in [-0.25, -0.2) is 0 Å². The van der Waals surface area contributed by atoms with Gasteiger partial charge in [-0.15, -0.1) is 0 Å². The summed E-state index contributed by atoms with van der Waals surface area (Å²) in [4.78, 5) is 5.88. The lowest BCUT2D eigenvalue weighted by atomic mass is 10.0. The molecule has 0 bridgehead atoms. The summed E-state index contributed by atoms with van der Waals surface area (Å²) >= 11 is 0. The summed E-state index contributed by atoms with van der Waals surface area (Å²) in [6, 6.07) is 12.2. The Balaban J connectivity index is 1.93. The largest absolute Gasteiger partial charge is 0.497 e. The lowest BCUT2D eigenvalue weighted by Crippen LogP contribution is -2.43. The molecule has 1 aromatic heterocycles. The first kappa shape index (κ1) is 17.3. The highest BCUT2D eigenvalue weighted by Gasteiger charge is 2.11. The molecule has 1 unspecified atom stereocenters. The smallest absolute Gasteiger partial charge is 0.223 e. The van der Waals surface area contributed by atoms with Crippen LogP contribution in [0.5, 0.6) is 5.75 Å². The van der Waals surface area contributed by atoms with Crippen molar-refractivity contribution in [3.8, 4) is 16.9 Å². The molecule has 0 fully saturated rings. The van der Waals surface area contributed by atoms with Crippen molar-refractivity contribution in [1.29, 1.82) is 0 Å². The van der Waals surface area contributed by atoms with Crippen molar-refractivity contribution in [3.05, 3.63) is 48.8 Å². The highest BCUT2D eigenvalue weighted by molar-refractivity contribution is 5.63. The van der Waals surface area contributed by atoms with E-state index in [1.165, 1.54) is 36.8 Å². The molecule has 0 aliphatic heterocycles. The van der Waals surface area contributed by atoms with Crippen molar-refractivity contribution in [2.24, 2.45) is 5.92 Å². The first-order valence-corrected chi connectivity index (χ1v) is 8.55. The maximum absolute atomic E-state index is 5.88. The number of hydrogen-bond donors (Lipinski definition) is 0. The zero-order valence-corrected chi connectivity index (χ0v) is 14.5. The molecule has 23 heavy (non-hydrogen) atoms. The lowest BCUT2D eigenvalue weighted by Gasteiger charge is -2.11. The summed E-state index contributed by atoms with van der Waals surface area (Å²) in [6.07, 6.45) is 8.91. The van der Waals surface area contributed by atoms with Crippen LogP contribution in [0.4, 0.5) is 0 Å². The van der Waals surface area contributed by atoms with Crippen LogP contribution in [-0.2, 0) is 0 Å². The van der Waals surface area contributed by atoms with Crippen LogP contribution in [0.2, 0.25) is 0 Å². The maximum Gasteiger partial charge on any atom is 0.223 e. The molecule has 3 heteroatoms. The van der Waals surface area contributed by atoms with Gasteiger partial charge in [-0.3, -0.25) is 4.84 Å². The Labute approximate surface area is 139 Å². The molecule has 0 radical (unpaired) electrons. The summed E-state index contributed by atoms with van der Waals surface area (Å²) in [5, 5.41) is 0. The van der Waals surface area contributed by atoms with Gasteiger partial charge in [0, 0.05) is 16.9 Å². The Morgan fingerprint density at radius 2 is 1.61 bits per heavy atom. The molecule has 0 saturated carbocycles. The molecule has 0 amide bonds. The highest BCUT2D eigenvalue weighted by Crippen LogP contribution is 2.21. The van der Waals surface area contributed by atoms with Crippen LogP contribution in [-0.4, -0.2) is 13.7 Å². The second-order valence-corrected chi connectivity index (χ2v) is 5.89. The number of unbranched alkanes of at least 4 members (excludes halogenated alkanes) is 1. The normalized spacial score (nSPS) is 12.0. The number of hydrogen-bond acceptors (Lipinski definition) is 2. The first-order valence-electron chi connectivity index (χ1n) is 8.55. The molecule has 0 N–H and O–H groups in total. The van der Waals surface area contributed by atoms with E-state index in [2.05, 4.69) is 38.1 Å². The van der Waals surface area contributed by atoms with Crippen LogP contribution in [0.3, 0.4) is 0 Å². The van der Waals surface area contributed by atoms with E-state index in [-0.39, 0.29) is 0 Å². The summed E-state index contributed by atoms with van der Waals surface area (Å²) in [5.41, 5.74) is 2.35. The van der Waals surface area contributed by atoms with Crippen LogP contribution in [0.25, 0.3) is 11.1 Å². The van der Waals surface area contributed by atoms with Crippen molar-refractivity contribution in [2.75, 3.05) is 13.7 Å². The van der Waals surface area contributed by atoms with Gasteiger partial charge in [0.05, 0.1) is 7.11 Å². The number of nitrogens with zero attached hydrogens (tertiary/aromatic N) is 1. The third-order valence-electron chi connectivity index (χ3n) is 4.23. The number of aromatic nitrogens is 1. The number of ether oxygens (including phenoxy) is 1. The molecule has 0 aliphatic rings. The predicted molar refractivity (Wildman–Crippen MR) is 93.4 cm³/mol.